The highest BCUT2D eigenvalue weighted by Gasteiger charge is 2.64. The first-order valence-corrected chi connectivity index (χ1v) is 44.0. The van der Waals surface area contributed by atoms with Crippen LogP contribution in [0.4, 0.5) is 133 Å². The van der Waals surface area contributed by atoms with Crippen molar-refractivity contribution in [2.45, 2.75) is 202 Å². The van der Waals surface area contributed by atoms with Crippen LogP contribution in [0.25, 0.3) is 109 Å². The molecule has 4 aliphatic heterocycles. The number of nitrogens with zero attached hydrogens (tertiary/aromatic N) is 4. The zero-order valence-electron chi connectivity index (χ0n) is 71.4. The molecule has 8 atom stereocenters. The Balaban J connectivity index is 0.770. The van der Waals surface area contributed by atoms with E-state index in [0.717, 1.165) is 53.9 Å². The van der Waals surface area contributed by atoms with Gasteiger partial charge in [0.2, 0.25) is 23.3 Å². The maximum Gasteiger partial charge on any atom is 0.200 e. The molecule has 0 bridgehead atoms. The molecule has 4 nitrogen and oxygen atoms in total. The maximum atomic E-state index is 16.6. The first kappa shape index (κ1) is 82.6. The number of fused-ring (bicyclic) bond motifs is 18. The van der Waals surface area contributed by atoms with Gasteiger partial charge in [-0.2, -0.15) is 0 Å². The Kier molecular flexibility index (Phi) is 17.1. The lowest BCUT2D eigenvalue weighted by Gasteiger charge is -2.50. The Hall–Kier alpha value is -11.8. The zero-order chi connectivity index (χ0) is 91.2. The van der Waals surface area contributed by atoms with Crippen molar-refractivity contribution in [3.63, 3.8) is 0 Å². The van der Waals surface area contributed by atoms with E-state index in [0.29, 0.717) is 180 Å². The highest BCUT2D eigenvalue weighted by Crippen LogP contribution is 2.69. The average Bonchev–Trinajstić information content (AvgIpc) is 1.53. The van der Waals surface area contributed by atoms with Crippen LogP contribution in [0, 0.1) is 116 Å². The second-order valence-electron chi connectivity index (χ2n) is 39.3. The van der Waals surface area contributed by atoms with Gasteiger partial charge in [0, 0.05) is 44.4 Å². The summed E-state index contributed by atoms with van der Waals surface area (Å²) in [7, 11) is 0. The molecule has 8 unspecified atom stereocenters. The molecule has 0 saturated heterocycles. The molecule has 0 amide bonds. The predicted octanol–water partition coefficient (Wildman–Crippen LogP) is 31.9. The van der Waals surface area contributed by atoms with Gasteiger partial charge < -0.3 is 19.6 Å². The minimum Gasteiger partial charge on any atom is -0.329 e. The number of benzene rings is 13. The Labute approximate surface area is 732 Å². The normalized spacial score (nSPS) is 25.1. The summed E-state index contributed by atoms with van der Waals surface area (Å²) < 4.78 is 317. The number of anilines is 8. The second-order valence-corrected chi connectivity index (χ2v) is 39.3. The smallest absolute Gasteiger partial charge is 0.200 e. The number of rotatable bonds is 8. The van der Waals surface area contributed by atoms with E-state index in [1.807, 2.05) is 100 Å². The second kappa shape index (κ2) is 27.0. The van der Waals surface area contributed by atoms with Crippen molar-refractivity contribution in [1.82, 2.24) is 0 Å². The van der Waals surface area contributed by atoms with Crippen molar-refractivity contribution in [3.05, 3.63) is 272 Å². The first-order chi connectivity index (χ1) is 61.8. The van der Waals surface area contributed by atoms with Crippen molar-refractivity contribution < 1.29 is 87.8 Å². The Morgan fingerprint density at radius 1 is 0.185 bits per heavy atom. The van der Waals surface area contributed by atoms with E-state index < -0.39 is 183 Å². The molecule has 0 spiro atoms. The number of hydrogen-bond acceptors (Lipinski definition) is 4. The van der Waals surface area contributed by atoms with Gasteiger partial charge in [-0.05, 0) is 271 Å². The van der Waals surface area contributed by atoms with Gasteiger partial charge in [-0.1, -0.05) is 152 Å². The molecule has 24 heteroatoms. The number of halogens is 20. The molecule has 8 aliphatic rings. The van der Waals surface area contributed by atoms with E-state index in [-0.39, 0.29) is 22.7 Å². The van der Waals surface area contributed by atoms with Crippen molar-refractivity contribution >= 4 is 110 Å². The van der Waals surface area contributed by atoms with Gasteiger partial charge in [-0.3, -0.25) is 0 Å². The zero-order valence-corrected chi connectivity index (χ0v) is 71.4. The highest BCUT2D eigenvalue weighted by molar-refractivity contribution is 6.40. The fraction of sp³-hybridized carbons (Fsp3) is 0.302. The monoisotopic (exact) mass is 1790 g/mol. The first-order valence-electron chi connectivity index (χ1n) is 44.0. The van der Waals surface area contributed by atoms with E-state index in [4.69, 9.17) is 0 Å². The lowest BCUT2D eigenvalue weighted by molar-refractivity contribution is 0.192. The molecule has 4 saturated carbocycles. The van der Waals surface area contributed by atoms with Gasteiger partial charge in [0.15, 0.2) is 93.1 Å². The molecule has 4 heterocycles. The molecule has 0 aromatic heterocycles. The van der Waals surface area contributed by atoms with Gasteiger partial charge in [0.25, 0.3) is 0 Å². The third-order valence-electron chi connectivity index (χ3n) is 33.9. The minimum atomic E-state index is -2.30. The van der Waals surface area contributed by atoms with E-state index in [2.05, 4.69) is 12.1 Å². The van der Waals surface area contributed by atoms with Gasteiger partial charge in [0.1, 0.15) is 22.7 Å². The van der Waals surface area contributed by atoms with Gasteiger partial charge >= 0.3 is 0 Å². The van der Waals surface area contributed by atoms with Crippen LogP contribution in [-0.4, -0.2) is 22.2 Å². The number of hydrogen-bond donors (Lipinski definition) is 0. The van der Waals surface area contributed by atoms with Crippen molar-refractivity contribution in [2.75, 3.05) is 19.6 Å². The molecule has 662 valence electrons. The van der Waals surface area contributed by atoms with Crippen LogP contribution in [0.15, 0.2) is 133 Å². The summed E-state index contributed by atoms with van der Waals surface area (Å²) in [6.07, 6.45) is 7.88. The van der Waals surface area contributed by atoms with Crippen LogP contribution in [0.3, 0.4) is 0 Å². The van der Waals surface area contributed by atoms with Crippen LogP contribution < -0.4 is 19.6 Å². The van der Waals surface area contributed by atoms with E-state index in [1.54, 1.807) is 76.2 Å². The van der Waals surface area contributed by atoms with Crippen molar-refractivity contribution in [2.24, 2.45) is 0 Å². The van der Waals surface area contributed by atoms with Gasteiger partial charge in [-0.15, -0.1) is 0 Å². The van der Waals surface area contributed by atoms with E-state index >= 15 is 70.2 Å². The van der Waals surface area contributed by atoms with E-state index in [1.165, 1.54) is 19.6 Å². The minimum absolute atomic E-state index is 0.232. The molecule has 15 aromatic rings. The van der Waals surface area contributed by atoms with Crippen LogP contribution >= 0.6 is 0 Å². The van der Waals surface area contributed by atoms with Crippen LogP contribution in [0.5, 0.6) is 0 Å². The summed E-state index contributed by atoms with van der Waals surface area (Å²) in [5.41, 5.74) is -5.00. The highest BCUT2D eigenvalue weighted by atomic mass is 19.2. The Bertz CT molecular complexity index is 6690. The summed E-state index contributed by atoms with van der Waals surface area (Å²) >= 11 is 0. The SMILES string of the molecule is CC12CCCCC1(C)N(c1c(F)c(F)c(F)c(F)c1F)c1ccc(-c3ccc4c5cc6c(cc5c5ccc(-c7ccc8c(c7)C7(C)CCCCC7(C)N8c7c(F)c(F)c(F)c(F)c7F)c3c45)c3ccc(-c4ccc5c(c4)C4(C)CCCCC4(C)N5c4c(F)c(F)c(F)c(F)c4F)c4c(-c5ccc7c(c5)C5(C)CCCCC5(C)N7c5c(F)c(F)c(F)c(F)c5F)ccc6c43)cc12. The third kappa shape index (κ3) is 9.82. The quantitative estimate of drug-likeness (QED) is 0.0854. The standard InChI is InChI=1S/C106H78F20N4/c1-99-33-9-13-37-103(99,5)127(95-87(119)79(111)75(107)80(112)88(95)120)67-29-17-47(41-63(67)99)51-21-25-55-59-45-61-57-27-23-53(49-19-31-69-65(43-49)101(3)35-11-15-39-105(101,7)129(69)97-91(123)83(115)77(109)84(116)92(97)124)72-54(50-20-32-70-66(44-50)102(4)36-12-16-40-106(102,8)130(70)98-93(125)85(117)78(110)86(118)94(98)126)24-28-58(74(57)72)62(61)46-60(59)56-26-22-52(71(51)73(55)56)48-18-30-68-64(42-48)100(2)34-10-14-38-104(100,6)128(68)96-89(121)81(113)76(108)82(114)90(96)122/h17-32,41-46H,9-16,33-40H2,1-8H3. The fourth-order valence-electron chi connectivity index (χ4n) is 26.5. The summed E-state index contributed by atoms with van der Waals surface area (Å²) in [4.78, 5) is 5.10. The van der Waals surface area contributed by atoms with Crippen LogP contribution in [0.1, 0.15) is 180 Å². The molecule has 0 radical (unpaired) electrons. The summed E-state index contributed by atoms with van der Waals surface area (Å²) in [5, 5.41) is 9.05. The molecule has 23 rings (SSSR count). The van der Waals surface area contributed by atoms with E-state index in [9.17, 15) is 17.6 Å². The Morgan fingerprint density at radius 2 is 0.362 bits per heavy atom. The van der Waals surface area contributed by atoms with Crippen LogP contribution in [0.2, 0.25) is 0 Å². The van der Waals surface area contributed by atoms with Crippen LogP contribution in [-0.2, 0) is 21.7 Å². The molecular formula is C106H78F20N4. The molecular weight excluding hydrogens is 1710 g/mol. The maximum absolute atomic E-state index is 16.6. The summed E-state index contributed by atoms with van der Waals surface area (Å²) in [6.45, 7) is 14.9. The van der Waals surface area contributed by atoms with Gasteiger partial charge in [-0.25, -0.2) is 87.8 Å². The van der Waals surface area contributed by atoms with Crippen molar-refractivity contribution in [3.8, 4) is 44.5 Å². The molecule has 0 N–H and O–H groups in total. The van der Waals surface area contributed by atoms with Gasteiger partial charge in [0.05, 0.1) is 22.2 Å². The predicted molar refractivity (Wildman–Crippen MR) is 466 cm³/mol. The summed E-state index contributed by atoms with van der Waals surface area (Å²) in [5.74, 6) is -41.8. The molecule has 4 aliphatic carbocycles. The Morgan fingerprint density at radius 3 is 0.554 bits per heavy atom. The average molecular weight is 1790 g/mol. The lowest BCUT2D eigenvalue weighted by Crippen LogP contribution is -2.55. The third-order valence-corrected chi connectivity index (χ3v) is 33.9. The molecule has 4 fully saturated rings. The molecule has 130 heavy (non-hydrogen) atoms. The fourth-order valence-corrected chi connectivity index (χ4v) is 26.5. The molecule has 15 aromatic carbocycles. The topological polar surface area (TPSA) is 13.0 Å². The van der Waals surface area contributed by atoms with Crippen molar-refractivity contribution in [1.29, 1.82) is 0 Å². The summed E-state index contributed by atoms with van der Waals surface area (Å²) in [6, 6.07) is 41.4. The lowest BCUT2D eigenvalue weighted by atomic mass is 9.61. The largest absolute Gasteiger partial charge is 0.329 e.